The van der Waals surface area contributed by atoms with Gasteiger partial charge in [0, 0.05) is 37.4 Å². The molecule has 5 nitrogen and oxygen atoms in total. The minimum atomic E-state index is -0.621. The Balaban J connectivity index is 1.90. The minimum absolute atomic E-state index is 0.0141. The Morgan fingerprint density at radius 3 is 2.33 bits per heavy atom. The summed E-state index contributed by atoms with van der Waals surface area (Å²) in [6, 6.07) is 15.9. The van der Waals surface area contributed by atoms with Crippen LogP contribution in [0.25, 0.3) is 0 Å². The predicted octanol–water partition coefficient (Wildman–Crippen LogP) is 3.94. The fourth-order valence-electron chi connectivity index (χ4n) is 3.07. The van der Waals surface area contributed by atoms with E-state index in [4.69, 9.17) is 4.74 Å². The Kier molecular flexibility index (Phi) is 9.15. The van der Waals surface area contributed by atoms with Gasteiger partial charge in [0.25, 0.3) is 0 Å². The van der Waals surface area contributed by atoms with E-state index in [1.165, 1.54) is 5.56 Å². The lowest BCUT2D eigenvalue weighted by atomic mass is 10.0. The van der Waals surface area contributed by atoms with Crippen LogP contribution in [0.5, 0.6) is 5.75 Å². The van der Waals surface area contributed by atoms with Gasteiger partial charge in [-0.1, -0.05) is 37.3 Å². The van der Waals surface area contributed by atoms with Crippen molar-refractivity contribution in [1.82, 2.24) is 5.32 Å². The molecule has 166 valence electrons. The molecule has 0 aromatic heterocycles. The normalized spacial score (nSPS) is 13.7. The molecule has 2 atom stereocenters. The number of nitrogens with one attached hydrogen (secondary N) is 1. The molecular weight excluding hydrogens is 376 g/mol. The first kappa shape index (κ1) is 24.2. The van der Waals surface area contributed by atoms with Crippen LogP contribution in [-0.2, 0) is 6.42 Å². The van der Waals surface area contributed by atoms with Gasteiger partial charge in [-0.15, -0.1) is 0 Å². The van der Waals surface area contributed by atoms with Crippen molar-refractivity contribution in [3.8, 4) is 5.75 Å². The summed E-state index contributed by atoms with van der Waals surface area (Å²) in [6.07, 6.45) is 1.13. The van der Waals surface area contributed by atoms with Crippen molar-refractivity contribution in [3.63, 3.8) is 0 Å². The molecule has 0 fully saturated rings. The van der Waals surface area contributed by atoms with Crippen molar-refractivity contribution in [2.24, 2.45) is 0 Å². The van der Waals surface area contributed by atoms with Gasteiger partial charge in [0.1, 0.15) is 18.5 Å². The van der Waals surface area contributed by atoms with Crippen molar-refractivity contribution in [1.29, 1.82) is 0 Å². The van der Waals surface area contributed by atoms with Gasteiger partial charge in [0.2, 0.25) is 0 Å². The van der Waals surface area contributed by atoms with Crippen molar-refractivity contribution in [3.05, 3.63) is 59.7 Å². The number of nitrogens with zero attached hydrogens (tertiary/aromatic N) is 1. The van der Waals surface area contributed by atoms with E-state index in [9.17, 15) is 10.2 Å². The molecule has 2 aromatic carbocycles. The maximum atomic E-state index is 10.7. The SMILES string of the molecule is CCC(C)(C)NCC(O)COc1ccccc1C(O)CCc1ccc(N(C)C)cc1. The molecule has 0 amide bonds. The number of aliphatic hydroxyl groups is 2. The van der Waals surface area contributed by atoms with Gasteiger partial charge in [-0.25, -0.2) is 0 Å². The van der Waals surface area contributed by atoms with Gasteiger partial charge in [-0.3, -0.25) is 0 Å². The first-order valence-electron chi connectivity index (χ1n) is 10.8. The van der Waals surface area contributed by atoms with Crippen molar-refractivity contribution in [2.45, 2.75) is 57.8 Å². The van der Waals surface area contributed by atoms with E-state index < -0.39 is 12.2 Å². The van der Waals surface area contributed by atoms with Crippen LogP contribution in [0.2, 0.25) is 0 Å². The van der Waals surface area contributed by atoms with Gasteiger partial charge >= 0.3 is 0 Å². The van der Waals surface area contributed by atoms with Gasteiger partial charge < -0.3 is 25.2 Å². The second-order valence-electron chi connectivity index (χ2n) is 8.74. The zero-order valence-corrected chi connectivity index (χ0v) is 19.1. The van der Waals surface area contributed by atoms with Gasteiger partial charge in [-0.05, 0) is 56.9 Å². The van der Waals surface area contributed by atoms with Crippen LogP contribution in [0.3, 0.4) is 0 Å². The zero-order valence-electron chi connectivity index (χ0n) is 19.1. The lowest BCUT2D eigenvalue weighted by molar-refractivity contribution is 0.0947. The Labute approximate surface area is 181 Å². The number of hydrogen-bond donors (Lipinski definition) is 3. The van der Waals surface area contributed by atoms with E-state index in [0.29, 0.717) is 18.7 Å². The van der Waals surface area contributed by atoms with Gasteiger partial charge in [-0.2, -0.15) is 0 Å². The van der Waals surface area contributed by atoms with Crippen LogP contribution in [0.15, 0.2) is 48.5 Å². The van der Waals surface area contributed by atoms with E-state index >= 15 is 0 Å². The third kappa shape index (κ3) is 7.63. The maximum Gasteiger partial charge on any atom is 0.125 e. The molecule has 3 N–H and O–H groups in total. The molecule has 0 spiro atoms. The van der Waals surface area contributed by atoms with Crippen LogP contribution >= 0.6 is 0 Å². The number of ether oxygens (including phenoxy) is 1. The maximum absolute atomic E-state index is 10.7. The molecule has 0 saturated heterocycles. The molecule has 2 unspecified atom stereocenters. The summed E-state index contributed by atoms with van der Waals surface area (Å²) in [5.41, 5.74) is 3.10. The first-order chi connectivity index (χ1) is 14.2. The first-order valence-corrected chi connectivity index (χ1v) is 10.8. The van der Waals surface area contributed by atoms with E-state index in [-0.39, 0.29) is 12.1 Å². The summed E-state index contributed by atoms with van der Waals surface area (Å²) >= 11 is 0. The van der Waals surface area contributed by atoms with Crippen molar-refractivity contribution < 1.29 is 14.9 Å². The Morgan fingerprint density at radius 1 is 1.03 bits per heavy atom. The van der Waals surface area contributed by atoms with Crippen LogP contribution in [0.1, 0.15) is 50.8 Å². The average molecular weight is 415 g/mol. The van der Waals surface area contributed by atoms with Crippen LogP contribution in [0.4, 0.5) is 5.69 Å². The molecule has 0 radical (unpaired) electrons. The second kappa shape index (κ2) is 11.3. The van der Waals surface area contributed by atoms with Crippen LogP contribution < -0.4 is 15.0 Å². The summed E-state index contributed by atoms with van der Waals surface area (Å²) in [5.74, 6) is 0.627. The Bertz CT molecular complexity index is 759. The molecule has 0 saturated carbocycles. The van der Waals surface area contributed by atoms with E-state index in [2.05, 4.69) is 55.3 Å². The summed E-state index contributed by atoms with van der Waals surface area (Å²) in [5, 5.41) is 24.4. The smallest absolute Gasteiger partial charge is 0.125 e. The van der Waals surface area contributed by atoms with Crippen molar-refractivity contribution in [2.75, 3.05) is 32.1 Å². The number of rotatable bonds is 12. The quantitative estimate of drug-likeness (QED) is 0.491. The molecule has 30 heavy (non-hydrogen) atoms. The fourth-order valence-corrected chi connectivity index (χ4v) is 3.07. The van der Waals surface area contributed by atoms with E-state index in [1.54, 1.807) is 0 Å². The number of β-amino-alcohol motifs (C(OH)–C–C–N with tert-alkyl or cyclic N) is 1. The summed E-state index contributed by atoms with van der Waals surface area (Å²) < 4.78 is 5.86. The third-order valence-corrected chi connectivity index (χ3v) is 5.57. The topological polar surface area (TPSA) is 65.0 Å². The number of aliphatic hydroxyl groups excluding tert-OH is 2. The molecule has 5 heteroatoms. The monoisotopic (exact) mass is 414 g/mol. The van der Waals surface area contributed by atoms with Gasteiger partial charge in [0.05, 0.1) is 6.10 Å². The largest absolute Gasteiger partial charge is 0.490 e. The number of benzene rings is 2. The highest BCUT2D eigenvalue weighted by Gasteiger charge is 2.18. The summed E-state index contributed by atoms with van der Waals surface area (Å²) in [6.45, 7) is 6.99. The average Bonchev–Trinajstić information content (AvgIpc) is 2.75. The molecule has 0 bridgehead atoms. The molecule has 0 aliphatic carbocycles. The summed E-state index contributed by atoms with van der Waals surface area (Å²) in [4.78, 5) is 2.07. The van der Waals surface area contributed by atoms with Gasteiger partial charge in [0.15, 0.2) is 0 Å². The molecule has 2 rings (SSSR count). The highest BCUT2D eigenvalue weighted by molar-refractivity contribution is 5.46. The third-order valence-electron chi connectivity index (χ3n) is 5.57. The number of para-hydroxylation sites is 1. The lowest BCUT2D eigenvalue weighted by Crippen LogP contribution is -2.44. The second-order valence-corrected chi connectivity index (χ2v) is 8.74. The zero-order chi connectivity index (χ0) is 22.1. The molecular formula is C25H38N2O3. The molecule has 2 aromatic rings. The standard InChI is InChI=1S/C25H38N2O3/c1-6-25(2,3)26-17-21(28)18-30-24-10-8-7-9-22(24)23(29)16-13-19-11-14-20(15-12-19)27(4)5/h7-12,14-15,21,23,26,28-29H,6,13,16-18H2,1-5H3. The number of anilines is 1. The Morgan fingerprint density at radius 2 is 1.70 bits per heavy atom. The molecule has 0 aliphatic heterocycles. The highest BCUT2D eigenvalue weighted by Crippen LogP contribution is 2.28. The summed E-state index contributed by atoms with van der Waals surface area (Å²) in [7, 11) is 4.04. The fraction of sp³-hybridized carbons (Fsp3) is 0.520. The van der Waals surface area contributed by atoms with Crippen LogP contribution in [-0.4, -0.2) is 49.1 Å². The minimum Gasteiger partial charge on any atom is -0.490 e. The predicted molar refractivity (Wildman–Crippen MR) is 124 cm³/mol. The molecule has 0 aliphatic rings. The molecule has 0 heterocycles. The highest BCUT2D eigenvalue weighted by atomic mass is 16.5. The number of aryl methyl sites for hydroxylation is 1. The van der Waals surface area contributed by atoms with Crippen molar-refractivity contribution >= 4 is 5.69 Å². The number of hydrogen-bond acceptors (Lipinski definition) is 5. The van der Waals surface area contributed by atoms with Crippen LogP contribution in [0, 0.1) is 0 Å². The van der Waals surface area contributed by atoms with E-state index in [1.807, 2.05) is 38.4 Å². The Hall–Kier alpha value is -2.08. The lowest BCUT2D eigenvalue weighted by Gasteiger charge is -2.26. The van der Waals surface area contributed by atoms with E-state index in [0.717, 1.165) is 24.1 Å².